The Morgan fingerprint density at radius 3 is 2.55 bits per heavy atom. The fourth-order valence-electron chi connectivity index (χ4n) is 2.84. The molecule has 1 aromatic rings. The summed E-state index contributed by atoms with van der Waals surface area (Å²) in [5, 5.41) is 13.6. The van der Waals surface area contributed by atoms with Crippen LogP contribution in [0, 0.1) is 5.92 Å². The van der Waals surface area contributed by atoms with Crippen LogP contribution in [0.5, 0.6) is 0 Å². The lowest BCUT2D eigenvalue weighted by Crippen LogP contribution is -2.51. The predicted octanol–water partition coefficient (Wildman–Crippen LogP) is 2.73. The number of urea groups is 1. The Balaban J connectivity index is 2.19. The molecule has 2 unspecified atom stereocenters. The van der Waals surface area contributed by atoms with Gasteiger partial charge in [-0.05, 0) is 30.0 Å². The number of halogens is 1. The molecule has 120 valence electrons. The first-order valence-electron chi connectivity index (χ1n) is 7.39. The maximum atomic E-state index is 12.6. The molecule has 1 aliphatic heterocycles. The van der Waals surface area contributed by atoms with Crippen LogP contribution in [-0.2, 0) is 4.79 Å². The van der Waals surface area contributed by atoms with Gasteiger partial charge in [-0.2, -0.15) is 0 Å². The largest absolute Gasteiger partial charge is 0.387 e. The highest BCUT2D eigenvalue weighted by molar-refractivity contribution is 6.30. The third-order valence-electron chi connectivity index (χ3n) is 4.33. The second-order valence-electron chi connectivity index (χ2n) is 5.90. The molecular weight excluding hydrogens is 304 g/mol. The molecular formula is C16H21ClN2O3. The van der Waals surface area contributed by atoms with Crippen LogP contribution in [0.2, 0.25) is 5.02 Å². The molecule has 2 atom stereocenters. The minimum Gasteiger partial charge on any atom is -0.387 e. The Morgan fingerprint density at radius 2 is 2.05 bits per heavy atom. The number of amides is 3. The number of β-amino-alcohol motifs (C(OH)–C–C–N with tert-alkyl or cyclic N) is 1. The van der Waals surface area contributed by atoms with Crippen LogP contribution in [-0.4, -0.2) is 34.0 Å². The maximum Gasteiger partial charge on any atom is 0.325 e. The molecule has 0 aromatic heterocycles. The molecule has 0 radical (unpaired) electrons. The van der Waals surface area contributed by atoms with Gasteiger partial charge in [0.2, 0.25) is 0 Å². The van der Waals surface area contributed by atoms with Gasteiger partial charge in [-0.25, -0.2) is 4.79 Å². The van der Waals surface area contributed by atoms with Gasteiger partial charge in [0.05, 0.1) is 12.6 Å². The van der Waals surface area contributed by atoms with Gasteiger partial charge in [-0.3, -0.25) is 9.69 Å². The number of nitrogens with zero attached hydrogens (tertiary/aromatic N) is 1. The highest BCUT2D eigenvalue weighted by atomic mass is 35.5. The van der Waals surface area contributed by atoms with Crippen molar-refractivity contribution in [3.63, 3.8) is 0 Å². The van der Waals surface area contributed by atoms with E-state index in [0.29, 0.717) is 17.0 Å². The van der Waals surface area contributed by atoms with Crippen molar-refractivity contribution in [1.82, 2.24) is 10.2 Å². The van der Waals surface area contributed by atoms with Crippen LogP contribution in [0.25, 0.3) is 0 Å². The Morgan fingerprint density at radius 1 is 1.36 bits per heavy atom. The van der Waals surface area contributed by atoms with E-state index in [1.54, 1.807) is 24.3 Å². The standard InChI is InChI=1S/C16H21ClN2O3/c1-4-16(10(2)3)14(21)19(15(22)18-16)9-13(20)11-6-5-7-12(17)8-11/h5-8,10,13,20H,4,9H2,1-3H3,(H,18,22). The van der Waals surface area contributed by atoms with Crippen LogP contribution in [0.4, 0.5) is 4.79 Å². The van der Waals surface area contributed by atoms with Crippen molar-refractivity contribution in [2.24, 2.45) is 5.92 Å². The molecule has 1 saturated heterocycles. The number of carbonyl (C=O) groups is 2. The molecule has 5 nitrogen and oxygen atoms in total. The first kappa shape index (κ1) is 16.8. The van der Waals surface area contributed by atoms with Crippen molar-refractivity contribution in [3.05, 3.63) is 34.9 Å². The van der Waals surface area contributed by atoms with Crippen LogP contribution < -0.4 is 5.32 Å². The van der Waals surface area contributed by atoms with E-state index in [1.807, 2.05) is 20.8 Å². The molecule has 3 amide bonds. The van der Waals surface area contributed by atoms with Crippen molar-refractivity contribution >= 4 is 23.5 Å². The van der Waals surface area contributed by atoms with E-state index in [0.717, 1.165) is 4.90 Å². The quantitative estimate of drug-likeness (QED) is 0.818. The Hall–Kier alpha value is -1.59. The summed E-state index contributed by atoms with van der Waals surface area (Å²) in [7, 11) is 0. The van der Waals surface area contributed by atoms with Gasteiger partial charge in [0, 0.05) is 5.02 Å². The average Bonchev–Trinajstić information content (AvgIpc) is 2.72. The summed E-state index contributed by atoms with van der Waals surface area (Å²) in [6.07, 6.45) is -0.452. The summed E-state index contributed by atoms with van der Waals surface area (Å²) in [5.41, 5.74) is -0.308. The summed E-state index contributed by atoms with van der Waals surface area (Å²) in [5.74, 6) is -0.307. The molecule has 0 spiro atoms. The van der Waals surface area contributed by atoms with E-state index >= 15 is 0 Å². The number of hydrogen-bond donors (Lipinski definition) is 2. The van der Waals surface area contributed by atoms with E-state index in [-0.39, 0.29) is 18.4 Å². The fraction of sp³-hybridized carbons (Fsp3) is 0.500. The van der Waals surface area contributed by atoms with Gasteiger partial charge in [-0.15, -0.1) is 0 Å². The number of benzene rings is 1. The number of aliphatic hydroxyl groups is 1. The lowest BCUT2D eigenvalue weighted by molar-refractivity contribution is -0.134. The molecule has 22 heavy (non-hydrogen) atoms. The second kappa shape index (κ2) is 6.26. The molecule has 0 aliphatic carbocycles. The van der Waals surface area contributed by atoms with E-state index < -0.39 is 17.7 Å². The molecule has 1 fully saturated rings. The Bertz CT molecular complexity index is 591. The molecule has 2 N–H and O–H groups in total. The second-order valence-corrected chi connectivity index (χ2v) is 6.33. The molecule has 6 heteroatoms. The first-order chi connectivity index (χ1) is 10.3. The van der Waals surface area contributed by atoms with Crippen molar-refractivity contribution in [2.75, 3.05) is 6.54 Å². The zero-order valence-electron chi connectivity index (χ0n) is 13.0. The average molecular weight is 325 g/mol. The van der Waals surface area contributed by atoms with Crippen molar-refractivity contribution < 1.29 is 14.7 Å². The summed E-state index contributed by atoms with van der Waals surface area (Å²) >= 11 is 5.90. The normalized spacial score (nSPS) is 23.1. The zero-order valence-corrected chi connectivity index (χ0v) is 13.7. The fourth-order valence-corrected chi connectivity index (χ4v) is 3.04. The van der Waals surface area contributed by atoms with Gasteiger partial charge in [0.1, 0.15) is 5.54 Å². The van der Waals surface area contributed by atoms with Crippen molar-refractivity contribution in [2.45, 2.75) is 38.8 Å². The maximum absolute atomic E-state index is 12.6. The number of rotatable bonds is 5. The molecule has 1 aromatic carbocycles. The van der Waals surface area contributed by atoms with Gasteiger partial charge in [0.25, 0.3) is 5.91 Å². The minimum absolute atomic E-state index is 0.0257. The molecule has 1 aliphatic rings. The van der Waals surface area contributed by atoms with Gasteiger partial charge < -0.3 is 10.4 Å². The highest BCUT2D eigenvalue weighted by Crippen LogP contribution is 2.30. The third-order valence-corrected chi connectivity index (χ3v) is 4.57. The zero-order chi connectivity index (χ0) is 16.5. The molecule has 2 rings (SSSR count). The number of hydrogen-bond acceptors (Lipinski definition) is 3. The van der Waals surface area contributed by atoms with Crippen LogP contribution in [0.3, 0.4) is 0 Å². The first-order valence-corrected chi connectivity index (χ1v) is 7.77. The summed E-state index contributed by atoms with van der Waals surface area (Å²) in [6.45, 7) is 5.59. The summed E-state index contributed by atoms with van der Waals surface area (Å²) in [4.78, 5) is 25.9. The lowest BCUT2D eigenvalue weighted by Gasteiger charge is -2.29. The van der Waals surface area contributed by atoms with Crippen LogP contribution in [0.15, 0.2) is 24.3 Å². The van der Waals surface area contributed by atoms with E-state index in [1.165, 1.54) is 0 Å². The number of imide groups is 1. The number of nitrogens with one attached hydrogen (secondary N) is 1. The van der Waals surface area contributed by atoms with Gasteiger partial charge in [0.15, 0.2) is 0 Å². The monoisotopic (exact) mass is 324 g/mol. The minimum atomic E-state index is -0.965. The Kier molecular flexibility index (Phi) is 4.78. The van der Waals surface area contributed by atoms with Crippen molar-refractivity contribution in [1.29, 1.82) is 0 Å². The summed E-state index contributed by atoms with van der Waals surface area (Å²) in [6, 6.07) is 6.30. The van der Waals surface area contributed by atoms with Gasteiger partial charge >= 0.3 is 6.03 Å². The summed E-state index contributed by atoms with van der Waals surface area (Å²) < 4.78 is 0. The Labute approximate surface area is 135 Å². The third kappa shape index (κ3) is 2.83. The number of aliphatic hydroxyl groups excluding tert-OH is 1. The number of carbonyl (C=O) groups excluding carboxylic acids is 2. The molecule has 1 heterocycles. The highest BCUT2D eigenvalue weighted by Gasteiger charge is 2.52. The topological polar surface area (TPSA) is 69.6 Å². The van der Waals surface area contributed by atoms with E-state index in [2.05, 4.69) is 5.32 Å². The molecule has 0 bridgehead atoms. The van der Waals surface area contributed by atoms with Crippen LogP contribution >= 0.6 is 11.6 Å². The smallest absolute Gasteiger partial charge is 0.325 e. The molecule has 0 saturated carbocycles. The van der Waals surface area contributed by atoms with Gasteiger partial charge in [-0.1, -0.05) is 44.5 Å². The van der Waals surface area contributed by atoms with Crippen LogP contribution in [0.1, 0.15) is 38.9 Å². The predicted molar refractivity (Wildman–Crippen MR) is 84.5 cm³/mol. The van der Waals surface area contributed by atoms with E-state index in [4.69, 9.17) is 11.6 Å². The van der Waals surface area contributed by atoms with E-state index in [9.17, 15) is 14.7 Å². The lowest BCUT2D eigenvalue weighted by atomic mass is 9.84. The van der Waals surface area contributed by atoms with Crippen molar-refractivity contribution in [3.8, 4) is 0 Å². The SMILES string of the molecule is CCC1(C(C)C)NC(=O)N(CC(O)c2cccc(Cl)c2)C1=O.